The van der Waals surface area contributed by atoms with E-state index in [0.29, 0.717) is 17.9 Å². The molecular weight excluding hydrogens is 585 g/mol. The number of nitrogens with zero attached hydrogens (tertiary/aromatic N) is 2. The molecule has 0 bridgehead atoms. The molecule has 41 heavy (non-hydrogen) atoms. The highest BCUT2D eigenvalue weighted by atomic mass is 35.5. The molecule has 0 aliphatic carbocycles. The molecule has 0 saturated carbocycles. The summed E-state index contributed by atoms with van der Waals surface area (Å²) in [7, 11) is -2.73. The fraction of sp³-hybridized carbons (Fsp3) is 0.333. The highest BCUT2D eigenvalue weighted by Gasteiger charge is 2.33. The number of aryl methyl sites for hydroxylation is 1. The zero-order chi connectivity index (χ0) is 30.3. The number of ether oxygens (including phenoxy) is 1. The van der Waals surface area contributed by atoms with Gasteiger partial charge in [0, 0.05) is 13.1 Å². The lowest BCUT2D eigenvalue weighted by molar-refractivity contribution is -0.139. The SMILES string of the molecule is COc1cccc(CN(C(=O)CN(c2cccc(Cl)c2Cl)S(=O)(=O)c2ccc(C)cc2)C(C)C(=O)NCC(C)C)c1. The Hall–Kier alpha value is -3.27. The van der Waals surface area contributed by atoms with Gasteiger partial charge in [0.05, 0.1) is 27.7 Å². The third-order valence-electron chi connectivity index (χ3n) is 6.43. The molecule has 1 atom stereocenters. The minimum atomic E-state index is -4.27. The first-order valence-electron chi connectivity index (χ1n) is 13.1. The summed E-state index contributed by atoms with van der Waals surface area (Å²) < 4.78 is 34.1. The van der Waals surface area contributed by atoms with Crippen molar-refractivity contribution in [3.05, 3.63) is 87.9 Å². The monoisotopic (exact) mass is 619 g/mol. The molecule has 3 rings (SSSR count). The molecule has 8 nitrogen and oxygen atoms in total. The molecule has 3 aromatic carbocycles. The normalized spacial score (nSPS) is 12.1. The zero-order valence-electron chi connectivity index (χ0n) is 23.7. The van der Waals surface area contributed by atoms with Crippen LogP contribution in [0.3, 0.4) is 0 Å². The number of carbonyl (C=O) groups is 2. The van der Waals surface area contributed by atoms with Crippen molar-refractivity contribution < 1.29 is 22.7 Å². The van der Waals surface area contributed by atoms with Crippen LogP contribution in [0.4, 0.5) is 5.69 Å². The standard InChI is InChI=1S/C30H35Cl2N3O5S/c1-20(2)17-33-30(37)22(4)34(18-23-8-6-9-24(16-23)40-5)28(36)19-35(27-11-7-10-26(31)29(27)32)41(38,39)25-14-12-21(3)13-15-25/h6-16,20,22H,17-19H2,1-5H3,(H,33,37). The quantitative estimate of drug-likeness (QED) is 0.281. The van der Waals surface area contributed by atoms with Gasteiger partial charge in [0.25, 0.3) is 10.0 Å². The van der Waals surface area contributed by atoms with E-state index in [1.54, 1.807) is 49.4 Å². The Labute approximate surface area is 252 Å². The van der Waals surface area contributed by atoms with Gasteiger partial charge in [0.1, 0.15) is 18.3 Å². The number of halogens is 2. The fourth-order valence-electron chi connectivity index (χ4n) is 4.04. The predicted octanol–water partition coefficient (Wildman–Crippen LogP) is 5.70. The van der Waals surface area contributed by atoms with Gasteiger partial charge < -0.3 is 15.0 Å². The number of amides is 2. The number of hydrogen-bond acceptors (Lipinski definition) is 5. The lowest BCUT2D eigenvalue weighted by atomic mass is 10.1. The highest BCUT2D eigenvalue weighted by Crippen LogP contribution is 2.35. The largest absolute Gasteiger partial charge is 0.497 e. The first-order chi connectivity index (χ1) is 19.3. The second-order valence-corrected chi connectivity index (χ2v) is 12.7. The topological polar surface area (TPSA) is 96.0 Å². The van der Waals surface area contributed by atoms with Crippen LogP contribution in [-0.4, -0.2) is 51.4 Å². The van der Waals surface area contributed by atoms with Crippen LogP contribution in [-0.2, 0) is 26.2 Å². The van der Waals surface area contributed by atoms with E-state index in [1.807, 2.05) is 20.8 Å². The number of hydrogen-bond donors (Lipinski definition) is 1. The van der Waals surface area contributed by atoms with E-state index in [2.05, 4.69) is 5.32 Å². The molecule has 0 heterocycles. The van der Waals surface area contributed by atoms with Crippen molar-refractivity contribution in [2.75, 3.05) is 24.5 Å². The van der Waals surface area contributed by atoms with Crippen molar-refractivity contribution in [2.24, 2.45) is 5.92 Å². The lowest BCUT2D eigenvalue weighted by Gasteiger charge is -2.32. The molecule has 2 amide bonds. The minimum absolute atomic E-state index is 0.0141. The molecule has 0 fully saturated rings. The summed E-state index contributed by atoms with van der Waals surface area (Å²) in [5.74, 6) is -0.176. The fourth-order valence-corrected chi connectivity index (χ4v) is 5.91. The van der Waals surface area contributed by atoms with E-state index in [0.717, 1.165) is 9.87 Å². The minimum Gasteiger partial charge on any atom is -0.497 e. The van der Waals surface area contributed by atoms with Gasteiger partial charge in [0.15, 0.2) is 0 Å². The maximum absolute atomic E-state index is 14.0. The van der Waals surface area contributed by atoms with Gasteiger partial charge in [-0.15, -0.1) is 0 Å². The van der Waals surface area contributed by atoms with E-state index < -0.39 is 28.5 Å². The number of rotatable bonds is 12. The predicted molar refractivity (Wildman–Crippen MR) is 163 cm³/mol. The Balaban J connectivity index is 2.06. The van der Waals surface area contributed by atoms with E-state index in [1.165, 1.54) is 36.3 Å². The molecule has 0 aromatic heterocycles. The van der Waals surface area contributed by atoms with Crippen LogP contribution in [0, 0.1) is 12.8 Å². The summed E-state index contributed by atoms with van der Waals surface area (Å²) >= 11 is 12.7. The molecule has 3 aromatic rings. The maximum atomic E-state index is 14.0. The van der Waals surface area contributed by atoms with Gasteiger partial charge in [-0.3, -0.25) is 13.9 Å². The Kier molecular flexibility index (Phi) is 11.1. The van der Waals surface area contributed by atoms with E-state index >= 15 is 0 Å². The first-order valence-corrected chi connectivity index (χ1v) is 15.3. The Morgan fingerprint density at radius 1 is 0.976 bits per heavy atom. The number of sulfonamides is 1. The average molecular weight is 621 g/mol. The van der Waals surface area contributed by atoms with E-state index in [4.69, 9.17) is 27.9 Å². The molecule has 0 radical (unpaired) electrons. The number of nitrogens with one attached hydrogen (secondary N) is 1. The van der Waals surface area contributed by atoms with Crippen LogP contribution < -0.4 is 14.4 Å². The van der Waals surface area contributed by atoms with Crippen molar-refractivity contribution in [3.63, 3.8) is 0 Å². The van der Waals surface area contributed by atoms with Crippen molar-refractivity contribution in [3.8, 4) is 5.75 Å². The van der Waals surface area contributed by atoms with Crippen LogP contribution in [0.5, 0.6) is 5.75 Å². The zero-order valence-corrected chi connectivity index (χ0v) is 26.1. The molecule has 0 aliphatic heterocycles. The molecule has 1 N–H and O–H groups in total. The van der Waals surface area contributed by atoms with Crippen LogP contribution in [0.15, 0.2) is 71.6 Å². The van der Waals surface area contributed by atoms with Gasteiger partial charge in [-0.25, -0.2) is 8.42 Å². The third kappa shape index (κ3) is 8.15. The second kappa shape index (κ2) is 14.1. The van der Waals surface area contributed by atoms with Crippen LogP contribution >= 0.6 is 23.2 Å². The highest BCUT2D eigenvalue weighted by molar-refractivity contribution is 7.92. The van der Waals surface area contributed by atoms with Gasteiger partial charge in [-0.1, -0.05) is 72.9 Å². The summed E-state index contributed by atoms with van der Waals surface area (Å²) in [6, 6.07) is 17.0. The van der Waals surface area contributed by atoms with Gasteiger partial charge in [-0.05, 0) is 61.7 Å². The molecule has 0 saturated heterocycles. The van der Waals surface area contributed by atoms with Gasteiger partial charge in [-0.2, -0.15) is 0 Å². The van der Waals surface area contributed by atoms with Crippen LogP contribution in [0.1, 0.15) is 31.9 Å². The number of methoxy groups -OCH3 is 1. The molecule has 1 unspecified atom stereocenters. The van der Waals surface area contributed by atoms with Crippen molar-refractivity contribution in [1.82, 2.24) is 10.2 Å². The molecule has 0 spiro atoms. The molecule has 0 aliphatic rings. The summed E-state index contributed by atoms with van der Waals surface area (Å²) in [4.78, 5) is 28.5. The van der Waals surface area contributed by atoms with E-state index in [9.17, 15) is 18.0 Å². The summed E-state index contributed by atoms with van der Waals surface area (Å²) in [5, 5.41) is 2.98. The maximum Gasteiger partial charge on any atom is 0.264 e. The molecule has 11 heteroatoms. The van der Waals surface area contributed by atoms with Crippen molar-refractivity contribution >= 4 is 50.7 Å². The summed E-state index contributed by atoms with van der Waals surface area (Å²) in [6.45, 7) is 7.22. The number of carbonyl (C=O) groups excluding carboxylic acids is 2. The summed E-state index contributed by atoms with van der Waals surface area (Å²) in [6.07, 6.45) is 0. The van der Waals surface area contributed by atoms with Crippen LogP contribution in [0.2, 0.25) is 10.0 Å². The first kappa shape index (κ1) is 32.2. The Morgan fingerprint density at radius 2 is 1.63 bits per heavy atom. The Bertz CT molecular complexity index is 1480. The lowest BCUT2D eigenvalue weighted by Crippen LogP contribution is -2.51. The Morgan fingerprint density at radius 3 is 2.27 bits per heavy atom. The number of benzene rings is 3. The van der Waals surface area contributed by atoms with Crippen LogP contribution in [0.25, 0.3) is 0 Å². The number of anilines is 1. The summed E-state index contributed by atoms with van der Waals surface area (Å²) in [5.41, 5.74) is 1.62. The molecule has 220 valence electrons. The van der Waals surface area contributed by atoms with Crippen molar-refractivity contribution in [1.29, 1.82) is 0 Å². The average Bonchev–Trinajstić information content (AvgIpc) is 2.94. The smallest absolute Gasteiger partial charge is 0.264 e. The van der Waals surface area contributed by atoms with Crippen molar-refractivity contribution in [2.45, 2.75) is 45.2 Å². The molecular formula is C30H35Cl2N3O5S. The van der Waals surface area contributed by atoms with Gasteiger partial charge >= 0.3 is 0 Å². The van der Waals surface area contributed by atoms with E-state index in [-0.39, 0.29) is 39.0 Å². The van der Waals surface area contributed by atoms with Gasteiger partial charge in [0.2, 0.25) is 11.8 Å². The second-order valence-electron chi connectivity index (χ2n) is 10.1. The third-order valence-corrected chi connectivity index (χ3v) is 9.01.